The minimum atomic E-state index is 0.661. The third kappa shape index (κ3) is 1.72. The number of thiol groups is 1. The quantitative estimate of drug-likeness (QED) is 0.778. The summed E-state index contributed by atoms with van der Waals surface area (Å²) in [7, 11) is 0. The van der Waals surface area contributed by atoms with Crippen LogP contribution in [-0.4, -0.2) is 6.61 Å². The van der Waals surface area contributed by atoms with E-state index in [1.165, 1.54) is 11.3 Å². The lowest BCUT2D eigenvalue weighted by Gasteiger charge is -2.04. The number of thiophene rings is 1. The molecule has 1 aromatic carbocycles. The Balaban J connectivity index is 2.68. The third-order valence-electron chi connectivity index (χ3n) is 1.89. The maximum atomic E-state index is 5.96. The van der Waals surface area contributed by atoms with Gasteiger partial charge in [-0.3, -0.25) is 0 Å². The lowest BCUT2D eigenvalue weighted by atomic mass is 10.2. The van der Waals surface area contributed by atoms with Gasteiger partial charge < -0.3 is 4.74 Å². The Hall–Kier alpha value is -0.380. The third-order valence-corrected chi connectivity index (χ3v) is 3.71. The van der Waals surface area contributed by atoms with E-state index in [0.29, 0.717) is 6.61 Å². The van der Waals surface area contributed by atoms with Gasteiger partial charge >= 0.3 is 0 Å². The van der Waals surface area contributed by atoms with E-state index < -0.39 is 0 Å². The fourth-order valence-corrected chi connectivity index (χ4v) is 2.82. The highest BCUT2D eigenvalue weighted by Crippen LogP contribution is 2.38. The molecule has 0 saturated carbocycles. The van der Waals surface area contributed by atoms with Crippen LogP contribution in [0.5, 0.6) is 5.75 Å². The Morgan fingerprint density at radius 2 is 2.29 bits per heavy atom. The summed E-state index contributed by atoms with van der Waals surface area (Å²) in [6.07, 6.45) is 0. The van der Waals surface area contributed by atoms with Gasteiger partial charge in [0.25, 0.3) is 0 Å². The van der Waals surface area contributed by atoms with Crippen LogP contribution >= 0.6 is 35.6 Å². The van der Waals surface area contributed by atoms with Crippen LogP contribution in [0.4, 0.5) is 0 Å². The summed E-state index contributed by atoms with van der Waals surface area (Å²) in [5.41, 5.74) is 0. The molecular formula is C10H9ClOS2. The second-order valence-corrected chi connectivity index (χ2v) is 4.97. The first-order chi connectivity index (χ1) is 6.72. The van der Waals surface area contributed by atoms with E-state index in [1.807, 2.05) is 25.1 Å². The monoisotopic (exact) mass is 244 g/mol. The van der Waals surface area contributed by atoms with E-state index in [-0.39, 0.29) is 0 Å². The summed E-state index contributed by atoms with van der Waals surface area (Å²) in [6.45, 7) is 2.63. The highest BCUT2D eigenvalue weighted by molar-refractivity contribution is 7.80. The minimum absolute atomic E-state index is 0.661. The number of hydrogen-bond acceptors (Lipinski definition) is 3. The molecule has 4 heteroatoms. The largest absolute Gasteiger partial charge is 0.493 e. The van der Waals surface area contributed by atoms with Crippen LogP contribution < -0.4 is 4.74 Å². The molecule has 0 saturated heterocycles. The average molecular weight is 245 g/mol. The van der Waals surface area contributed by atoms with Gasteiger partial charge in [0.1, 0.15) is 5.75 Å². The molecule has 0 radical (unpaired) electrons. The van der Waals surface area contributed by atoms with Gasteiger partial charge in [-0.15, -0.1) is 24.0 Å². The molecular weight excluding hydrogens is 236 g/mol. The zero-order valence-corrected chi connectivity index (χ0v) is 10.0. The van der Waals surface area contributed by atoms with Gasteiger partial charge in [-0.2, -0.15) is 0 Å². The van der Waals surface area contributed by atoms with E-state index in [9.17, 15) is 0 Å². The van der Waals surface area contributed by atoms with Crippen LogP contribution in [0.25, 0.3) is 10.1 Å². The standard InChI is InChI=1S/C10H9ClOS2/c1-2-12-7-3-4-8(13)10-6(7)5-9(11)14-10/h3-5,13H,2H2,1H3. The number of hydrogen-bond donors (Lipinski definition) is 1. The Bertz CT molecular complexity index is 464. The topological polar surface area (TPSA) is 9.23 Å². The first-order valence-electron chi connectivity index (χ1n) is 4.26. The van der Waals surface area contributed by atoms with Crippen molar-refractivity contribution in [2.45, 2.75) is 11.8 Å². The highest BCUT2D eigenvalue weighted by atomic mass is 35.5. The van der Waals surface area contributed by atoms with Crippen molar-refractivity contribution >= 4 is 45.7 Å². The van der Waals surface area contributed by atoms with Gasteiger partial charge in [-0.05, 0) is 25.1 Å². The van der Waals surface area contributed by atoms with Crippen LogP contribution in [0.15, 0.2) is 23.1 Å². The Morgan fingerprint density at radius 3 is 3.00 bits per heavy atom. The summed E-state index contributed by atoms with van der Waals surface area (Å²) >= 11 is 11.9. The fourth-order valence-electron chi connectivity index (χ4n) is 1.34. The molecule has 0 aliphatic rings. The summed E-state index contributed by atoms with van der Waals surface area (Å²) in [5, 5.41) is 1.05. The maximum Gasteiger partial charge on any atom is 0.128 e. The van der Waals surface area contributed by atoms with Crippen LogP contribution in [0.1, 0.15) is 6.92 Å². The van der Waals surface area contributed by atoms with Gasteiger partial charge in [0.05, 0.1) is 15.6 Å². The Kier molecular flexibility index (Phi) is 2.91. The van der Waals surface area contributed by atoms with Crippen LogP contribution in [-0.2, 0) is 0 Å². The molecule has 1 heterocycles. The van der Waals surface area contributed by atoms with Crippen molar-refractivity contribution in [3.8, 4) is 5.75 Å². The molecule has 14 heavy (non-hydrogen) atoms. The molecule has 0 bridgehead atoms. The van der Waals surface area contributed by atoms with Crippen LogP contribution in [0, 0.1) is 0 Å². The van der Waals surface area contributed by atoms with E-state index in [2.05, 4.69) is 12.6 Å². The Morgan fingerprint density at radius 1 is 1.50 bits per heavy atom. The van der Waals surface area contributed by atoms with Crippen molar-refractivity contribution in [1.29, 1.82) is 0 Å². The molecule has 0 aliphatic carbocycles. The molecule has 0 unspecified atom stereocenters. The first-order valence-corrected chi connectivity index (χ1v) is 5.90. The molecule has 74 valence electrons. The summed E-state index contributed by atoms with van der Waals surface area (Å²) < 4.78 is 7.35. The van der Waals surface area contributed by atoms with Crippen molar-refractivity contribution in [1.82, 2.24) is 0 Å². The van der Waals surface area contributed by atoms with E-state index >= 15 is 0 Å². The van der Waals surface area contributed by atoms with E-state index in [4.69, 9.17) is 16.3 Å². The van der Waals surface area contributed by atoms with Crippen LogP contribution in [0.3, 0.4) is 0 Å². The first kappa shape index (κ1) is 10.1. The summed E-state index contributed by atoms with van der Waals surface area (Å²) in [5.74, 6) is 0.878. The molecule has 0 spiro atoms. The summed E-state index contributed by atoms with van der Waals surface area (Å²) in [6, 6.07) is 5.78. The Labute approximate surface area is 97.1 Å². The van der Waals surface area contributed by atoms with Crippen molar-refractivity contribution in [2.75, 3.05) is 6.61 Å². The van der Waals surface area contributed by atoms with Gasteiger partial charge in [0.2, 0.25) is 0 Å². The number of rotatable bonds is 2. The van der Waals surface area contributed by atoms with Gasteiger partial charge in [-0.25, -0.2) is 0 Å². The number of fused-ring (bicyclic) bond motifs is 1. The zero-order valence-electron chi connectivity index (χ0n) is 7.58. The highest BCUT2D eigenvalue weighted by Gasteiger charge is 2.08. The molecule has 0 aliphatic heterocycles. The summed E-state index contributed by atoms with van der Waals surface area (Å²) in [4.78, 5) is 0.945. The number of benzene rings is 1. The SMILES string of the molecule is CCOc1ccc(S)c2sc(Cl)cc12. The van der Waals surface area contributed by atoms with Gasteiger partial charge in [0, 0.05) is 10.3 Å². The average Bonchev–Trinajstić information content (AvgIpc) is 2.53. The van der Waals surface area contributed by atoms with Crippen molar-refractivity contribution in [3.05, 3.63) is 22.5 Å². The van der Waals surface area contributed by atoms with Crippen molar-refractivity contribution < 1.29 is 4.74 Å². The fraction of sp³-hybridized carbons (Fsp3) is 0.200. The number of halogens is 1. The maximum absolute atomic E-state index is 5.96. The normalized spacial score (nSPS) is 10.8. The van der Waals surface area contributed by atoms with E-state index in [1.54, 1.807) is 0 Å². The molecule has 1 nitrogen and oxygen atoms in total. The second-order valence-electron chi connectivity index (χ2n) is 2.81. The van der Waals surface area contributed by atoms with Crippen LogP contribution in [0.2, 0.25) is 4.34 Å². The smallest absolute Gasteiger partial charge is 0.128 e. The molecule has 0 fully saturated rings. The lowest BCUT2D eigenvalue weighted by Crippen LogP contribution is -1.91. The van der Waals surface area contributed by atoms with Crippen molar-refractivity contribution in [2.24, 2.45) is 0 Å². The zero-order chi connectivity index (χ0) is 10.1. The molecule has 0 amide bonds. The van der Waals surface area contributed by atoms with E-state index in [0.717, 1.165) is 25.1 Å². The molecule has 1 aromatic heterocycles. The molecule has 0 N–H and O–H groups in total. The lowest BCUT2D eigenvalue weighted by molar-refractivity contribution is 0.344. The molecule has 2 rings (SSSR count). The van der Waals surface area contributed by atoms with Crippen molar-refractivity contribution in [3.63, 3.8) is 0 Å². The molecule has 2 aromatic rings. The predicted molar refractivity (Wildman–Crippen MR) is 65.3 cm³/mol. The second kappa shape index (κ2) is 4.01. The van der Waals surface area contributed by atoms with Gasteiger partial charge in [-0.1, -0.05) is 11.6 Å². The molecule has 0 atom stereocenters. The predicted octanol–water partition coefficient (Wildman–Crippen LogP) is 4.24. The minimum Gasteiger partial charge on any atom is -0.493 e. The number of ether oxygens (including phenoxy) is 1. The van der Waals surface area contributed by atoms with Gasteiger partial charge in [0.15, 0.2) is 0 Å².